The van der Waals surface area contributed by atoms with E-state index in [1.165, 1.54) is 0 Å². The minimum Gasteiger partial charge on any atom is -0.457 e. The molecule has 3 aromatic rings. The normalized spacial score (nSPS) is 16.5. The molecular formula is C24H28N4O3S. The van der Waals surface area contributed by atoms with E-state index >= 15 is 0 Å². The van der Waals surface area contributed by atoms with Crippen LogP contribution < -0.4 is 9.46 Å². The maximum Gasteiger partial charge on any atom is 0.240 e. The monoisotopic (exact) mass is 452 g/mol. The van der Waals surface area contributed by atoms with Crippen LogP contribution in [-0.2, 0) is 10.0 Å². The van der Waals surface area contributed by atoms with Crippen LogP contribution in [-0.4, -0.2) is 63.0 Å². The van der Waals surface area contributed by atoms with E-state index < -0.39 is 10.0 Å². The summed E-state index contributed by atoms with van der Waals surface area (Å²) in [4.78, 5) is 9.04. The highest BCUT2D eigenvalue weighted by Crippen LogP contribution is 2.24. The standard InChI is InChI=1S/C24H28N4O3S/c1-27-14-16-28(17-15-27)24(20-6-5-13-25-18-20)19-26-32(29,30)23-11-9-22(10-12-23)31-21-7-3-2-4-8-21/h2-13,18,24,26H,14-17,19H2,1H3. The molecule has 1 fully saturated rings. The first-order valence-electron chi connectivity index (χ1n) is 10.7. The van der Waals surface area contributed by atoms with Crippen molar-refractivity contribution in [2.75, 3.05) is 39.8 Å². The molecule has 1 saturated heterocycles. The second-order valence-corrected chi connectivity index (χ2v) is 9.65. The third-order valence-corrected chi connectivity index (χ3v) is 7.07. The Bertz CT molecular complexity index is 1090. The molecule has 0 aliphatic carbocycles. The maximum atomic E-state index is 13.0. The lowest BCUT2D eigenvalue weighted by atomic mass is 10.1. The molecule has 0 spiro atoms. The van der Waals surface area contributed by atoms with E-state index in [2.05, 4.69) is 26.6 Å². The van der Waals surface area contributed by atoms with Crippen LogP contribution in [0.1, 0.15) is 11.6 Å². The Morgan fingerprint density at radius 2 is 1.62 bits per heavy atom. The zero-order valence-corrected chi connectivity index (χ0v) is 18.9. The Kier molecular flexibility index (Phi) is 7.16. The molecule has 1 unspecified atom stereocenters. The van der Waals surface area contributed by atoms with Gasteiger partial charge in [-0.05, 0) is 55.1 Å². The van der Waals surface area contributed by atoms with Gasteiger partial charge in [-0.3, -0.25) is 9.88 Å². The fourth-order valence-electron chi connectivity index (χ4n) is 3.75. The fraction of sp³-hybridized carbons (Fsp3) is 0.292. The van der Waals surface area contributed by atoms with Crippen LogP contribution in [0.25, 0.3) is 0 Å². The molecule has 0 saturated carbocycles. The van der Waals surface area contributed by atoms with Gasteiger partial charge < -0.3 is 9.64 Å². The summed E-state index contributed by atoms with van der Waals surface area (Å²) in [5, 5.41) is 0. The third-order valence-electron chi connectivity index (χ3n) is 5.63. The van der Waals surface area contributed by atoms with Gasteiger partial charge in [0.25, 0.3) is 0 Å². The number of likely N-dealkylation sites (N-methyl/N-ethyl adjacent to an activating group) is 1. The van der Waals surface area contributed by atoms with Gasteiger partial charge in [-0.1, -0.05) is 24.3 Å². The molecule has 1 N–H and O–H groups in total. The predicted octanol–water partition coefficient (Wildman–Crippen LogP) is 3.14. The lowest BCUT2D eigenvalue weighted by Gasteiger charge is -2.38. The van der Waals surface area contributed by atoms with E-state index in [4.69, 9.17) is 4.74 Å². The summed E-state index contributed by atoms with van der Waals surface area (Å²) >= 11 is 0. The van der Waals surface area contributed by atoms with Gasteiger partial charge in [-0.2, -0.15) is 0 Å². The van der Waals surface area contributed by atoms with Crippen LogP contribution in [0.2, 0.25) is 0 Å². The average molecular weight is 453 g/mol. The number of para-hydroxylation sites is 1. The SMILES string of the molecule is CN1CCN(C(CNS(=O)(=O)c2ccc(Oc3ccccc3)cc2)c2cccnc2)CC1. The molecule has 2 aromatic carbocycles. The first-order chi connectivity index (χ1) is 15.5. The van der Waals surface area contributed by atoms with E-state index in [9.17, 15) is 8.42 Å². The van der Waals surface area contributed by atoms with Crippen LogP contribution in [0.4, 0.5) is 0 Å². The second-order valence-electron chi connectivity index (χ2n) is 7.88. The fourth-order valence-corrected chi connectivity index (χ4v) is 4.79. The van der Waals surface area contributed by atoms with Gasteiger partial charge in [0.15, 0.2) is 0 Å². The summed E-state index contributed by atoms with van der Waals surface area (Å²) in [5.41, 5.74) is 1.01. The zero-order valence-electron chi connectivity index (χ0n) is 18.1. The minimum atomic E-state index is -3.67. The van der Waals surface area contributed by atoms with E-state index in [-0.39, 0.29) is 17.5 Å². The van der Waals surface area contributed by atoms with Crippen molar-refractivity contribution in [2.24, 2.45) is 0 Å². The van der Waals surface area contributed by atoms with Gasteiger partial charge in [-0.25, -0.2) is 13.1 Å². The summed E-state index contributed by atoms with van der Waals surface area (Å²) in [7, 11) is -1.56. The van der Waals surface area contributed by atoms with Gasteiger partial charge in [0.2, 0.25) is 10.0 Å². The number of benzene rings is 2. The van der Waals surface area contributed by atoms with Gasteiger partial charge in [0.1, 0.15) is 11.5 Å². The summed E-state index contributed by atoms with van der Waals surface area (Å²) in [6.45, 7) is 3.94. The van der Waals surface area contributed by atoms with Crippen LogP contribution in [0.5, 0.6) is 11.5 Å². The summed E-state index contributed by atoms with van der Waals surface area (Å²) in [6.07, 6.45) is 3.54. The quantitative estimate of drug-likeness (QED) is 0.566. The number of aromatic nitrogens is 1. The molecule has 1 aliphatic rings. The zero-order chi connectivity index (χ0) is 22.4. The van der Waals surface area contributed by atoms with Crippen molar-refractivity contribution in [3.63, 3.8) is 0 Å². The van der Waals surface area contributed by atoms with Crippen LogP contribution in [0.3, 0.4) is 0 Å². The molecule has 0 radical (unpaired) electrons. The van der Waals surface area contributed by atoms with Crippen molar-refractivity contribution in [1.82, 2.24) is 19.5 Å². The van der Waals surface area contributed by atoms with E-state index in [1.807, 2.05) is 48.7 Å². The largest absolute Gasteiger partial charge is 0.457 e. The molecule has 0 amide bonds. The Balaban J connectivity index is 1.45. The predicted molar refractivity (Wildman–Crippen MR) is 124 cm³/mol. The van der Waals surface area contributed by atoms with Crippen molar-refractivity contribution < 1.29 is 13.2 Å². The number of piperazine rings is 1. The number of hydrogen-bond donors (Lipinski definition) is 1. The topological polar surface area (TPSA) is 74.8 Å². The number of pyridine rings is 1. The number of sulfonamides is 1. The second kappa shape index (κ2) is 10.2. The molecule has 168 valence electrons. The maximum absolute atomic E-state index is 13.0. The number of ether oxygens (including phenoxy) is 1. The molecule has 1 aliphatic heterocycles. The summed E-state index contributed by atoms with van der Waals surface area (Å²) in [6, 6.07) is 19.7. The van der Waals surface area contributed by atoms with Crippen LogP contribution >= 0.6 is 0 Å². The first-order valence-corrected chi connectivity index (χ1v) is 12.1. The molecule has 7 nitrogen and oxygen atoms in total. The van der Waals surface area contributed by atoms with Crippen LogP contribution in [0, 0.1) is 0 Å². The van der Waals surface area contributed by atoms with Crippen molar-refractivity contribution in [3.05, 3.63) is 84.7 Å². The highest BCUT2D eigenvalue weighted by Gasteiger charge is 2.26. The number of rotatable bonds is 8. The number of nitrogens with zero attached hydrogens (tertiary/aromatic N) is 3. The molecule has 2 heterocycles. The smallest absolute Gasteiger partial charge is 0.240 e. The molecule has 0 bridgehead atoms. The Labute approximate surface area is 189 Å². The molecular weight excluding hydrogens is 424 g/mol. The molecule has 1 aromatic heterocycles. The third kappa shape index (κ3) is 5.72. The van der Waals surface area contributed by atoms with Gasteiger partial charge in [0, 0.05) is 51.2 Å². The Morgan fingerprint density at radius 1 is 0.938 bits per heavy atom. The van der Waals surface area contributed by atoms with Crippen molar-refractivity contribution in [3.8, 4) is 11.5 Å². The molecule has 1 atom stereocenters. The molecule has 32 heavy (non-hydrogen) atoms. The van der Waals surface area contributed by atoms with E-state index in [0.717, 1.165) is 31.7 Å². The minimum absolute atomic E-state index is 0.0761. The van der Waals surface area contributed by atoms with Gasteiger partial charge in [0.05, 0.1) is 4.90 Å². The van der Waals surface area contributed by atoms with Gasteiger partial charge >= 0.3 is 0 Å². The Hall–Kier alpha value is -2.78. The first kappa shape index (κ1) is 22.4. The summed E-state index contributed by atoms with van der Waals surface area (Å²) < 4.78 is 34.5. The van der Waals surface area contributed by atoms with E-state index in [0.29, 0.717) is 11.5 Å². The van der Waals surface area contributed by atoms with Crippen molar-refractivity contribution >= 4 is 10.0 Å². The number of hydrogen-bond acceptors (Lipinski definition) is 6. The summed E-state index contributed by atoms with van der Waals surface area (Å²) in [5.74, 6) is 1.29. The number of nitrogens with one attached hydrogen (secondary N) is 1. The molecule has 4 rings (SSSR count). The van der Waals surface area contributed by atoms with E-state index in [1.54, 1.807) is 30.5 Å². The average Bonchev–Trinajstić information content (AvgIpc) is 2.82. The lowest BCUT2D eigenvalue weighted by molar-refractivity contribution is 0.112. The highest BCUT2D eigenvalue weighted by atomic mass is 32.2. The van der Waals surface area contributed by atoms with Crippen molar-refractivity contribution in [2.45, 2.75) is 10.9 Å². The Morgan fingerprint density at radius 3 is 2.28 bits per heavy atom. The lowest BCUT2D eigenvalue weighted by Crippen LogP contribution is -2.48. The molecule has 8 heteroatoms. The van der Waals surface area contributed by atoms with Crippen molar-refractivity contribution in [1.29, 1.82) is 0 Å². The van der Waals surface area contributed by atoms with Gasteiger partial charge in [-0.15, -0.1) is 0 Å². The van der Waals surface area contributed by atoms with Crippen LogP contribution in [0.15, 0.2) is 84.0 Å². The highest BCUT2D eigenvalue weighted by molar-refractivity contribution is 7.89.